The Kier molecular flexibility index (Phi) is 1.57. The first kappa shape index (κ1) is 7.28. The van der Waals surface area contributed by atoms with Crippen molar-refractivity contribution in [1.82, 2.24) is 9.47 Å². The zero-order valence-electron chi connectivity index (χ0n) is 7.44. The van der Waals surface area contributed by atoms with Crippen LogP contribution in [0.5, 0.6) is 0 Å². The minimum atomic E-state index is 0.942. The van der Waals surface area contributed by atoms with Crippen molar-refractivity contribution in [2.45, 2.75) is 0 Å². The molecule has 2 heterocycles. The van der Waals surface area contributed by atoms with Gasteiger partial charge in [-0.05, 0) is 12.1 Å². The van der Waals surface area contributed by atoms with Crippen LogP contribution in [0.25, 0.3) is 0 Å². The molecule has 0 spiro atoms. The van der Waals surface area contributed by atoms with Gasteiger partial charge < -0.3 is 14.4 Å². The predicted octanol–water partition coefficient (Wildman–Crippen LogP) is 1.21. The van der Waals surface area contributed by atoms with E-state index < -0.39 is 0 Å². The van der Waals surface area contributed by atoms with Gasteiger partial charge in [-0.1, -0.05) is 0 Å². The van der Waals surface area contributed by atoms with Crippen LogP contribution in [0.4, 0.5) is 5.82 Å². The maximum Gasteiger partial charge on any atom is 0.113 e. The monoisotopic (exact) mass is 163 g/mol. The molecule has 1 aliphatic rings. The van der Waals surface area contributed by atoms with E-state index in [9.17, 15) is 0 Å². The summed E-state index contributed by atoms with van der Waals surface area (Å²) in [5.74, 6) is 1.23. The smallest absolute Gasteiger partial charge is 0.113 e. The van der Waals surface area contributed by atoms with Crippen LogP contribution >= 0.6 is 0 Å². The molecule has 1 aromatic rings. The quantitative estimate of drug-likeness (QED) is 0.616. The molecule has 3 heteroatoms. The van der Waals surface area contributed by atoms with Crippen LogP contribution < -0.4 is 4.90 Å². The van der Waals surface area contributed by atoms with Gasteiger partial charge in [0.15, 0.2) is 0 Å². The Labute approximate surface area is 72.5 Å². The lowest BCUT2D eigenvalue weighted by atomic mass is 10.5. The standard InChI is InChI=1S/C9H13N3/c1-10-6-7-12(8-10)9-4-3-5-11(9)2/h3-7H,8H2,1-2H3. The van der Waals surface area contributed by atoms with E-state index >= 15 is 0 Å². The molecule has 0 saturated carbocycles. The molecule has 0 bridgehead atoms. The molecule has 0 atom stereocenters. The third-order valence-electron chi connectivity index (χ3n) is 2.09. The summed E-state index contributed by atoms with van der Waals surface area (Å²) in [6.07, 6.45) is 6.23. The molecule has 0 fully saturated rings. The van der Waals surface area contributed by atoms with Gasteiger partial charge in [-0.3, -0.25) is 0 Å². The number of aromatic nitrogens is 1. The van der Waals surface area contributed by atoms with Crippen molar-refractivity contribution < 1.29 is 0 Å². The highest BCUT2D eigenvalue weighted by molar-refractivity contribution is 5.44. The zero-order valence-corrected chi connectivity index (χ0v) is 7.44. The van der Waals surface area contributed by atoms with Crippen LogP contribution in [0, 0.1) is 0 Å². The molecule has 1 aromatic heterocycles. The fourth-order valence-corrected chi connectivity index (χ4v) is 1.43. The molecule has 12 heavy (non-hydrogen) atoms. The number of rotatable bonds is 1. The van der Waals surface area contributed by atoms with Gasteiger partial charge in [-0.15, -0.1) is 0 Å². The summed E-state index contributed by atoms with van der Waals surface area (Å²) in [4.78, 5) is 4.35. The highest BCUT2D eigenvalue weighted by Crippen LogP contribution is 2.17. The van der Waals surface area contributed by atoms with Crippen LogP contribution in [-0.2, 0) is 7.05 Å². The van der Waals surface area contributed by atoms with Crippen LogP contribution in [0.3, 0.4) is 0 Å². The highest BCUT2D eigenvalue weighted by Gasteiger charge is 2.11. The summed E-state index contributed by atoms with van der Waals surface area (Å²) in [6.45, 7) is 0.942. The second-order valence-electron chi connectivity index (χ2n) is 3.14. The van der Waals surface area contributed by atoms with Crippen molar-refractivity contribution in [2.24, 2.45) is 7.05 Å². The normalized spacial score (nSPS) is 16.2. The molecule has 0 N–H and O–H groups in total. The molecule has 64 valence electrons. The van der Waals surface area contributed by atoms with Gasteiger partial charge in [0.25, 0.3) is 0 Å². The largest absolute Gasteiger partial charge is 0.361 e. The number of anilines is 1. The highest BCUT2D eigenvalue weighted by atomic mass is 15.4. The van der Waals surface area contributed by atoms with Crippen LogP contribution in [0.15, 0.2) is 30.7 Å². The third kappa shape index (κ3) is 1.07. The van der Waals surface area contributed by atoms with Gasteiger partial charge in [0.1, 0.15) is 5.82 Å². The first-order chi connectivity index (χ1) is 5.77. The zero-order chi connectivity index (χ0) is 8.55. The molecule has 2 rings (SSSR count). The molecule has 0 aliphatic carbocycles. The summed E-state index contributed by atoms with van der Waals surface area (Å²) >= 11 is 0. The Morgan fingerprint density at radius 3 is 2.58 bits per heavy atom. The Hall–Kier alpha value is -1.38. The van der Waals surface area contributed by atoms with E-state index in [1.807, 2.05) is 0 Å². The van der Waals surface area contributed by atoms with E-state index in [0.717, 1.165) is 6.67 Å². The van der Waals surface area contributed by atoms with E-state index in [4.69, 9.17) is 0 Å². The van der Waals surface area contributed by atoms with Crippen molar-refractivity contribution in [3.05, 3.63) is 30.7 Å². The summed E-state index contributed by atoms with van der Waals surface area (Å²) in [7, 11) is 4.13. The fourth-order valence-electron chi connectivity index (χ4n) is 1.43. The van der Waals surface area contributed by atoms with Crippen molar-refractivity contribution in [1.29, 1.82) is 0 Å². The molecule has 1 aliphatic heterocycles. The van der Waals surface area contributed by atoms with E-state index in [1.54, 1.807) is 0 Å². The number of aryl methyl sites for hydroxylation is 1. The predicted molar refractivity (Wildman–Crippen MR) is 49.7 cm³/mol. The maximum atomic E-state index is 2.21. The van der Waals surface area contributed by atoms with Crippen LogP contribution in [-0.4, -0.2) is 23.2 Å². The van der Waals surface area contributed by atoms with Gasteiger partial charge >= 0.3 is 0 Å². The second kappa shape index (κ2) is 2.59. The first-order valence-electron chi connectivity index (χ1n) is 4.04. The Morgan fingerprint density at radius 2 is 2.08 bits per heavy atom. The molecular weight excluding hydrogens is 150 g/mol. The molecule has 0 saturated heterocycles. The number of hydrogen-bond acceptors (Lipinski definition) is 2. The topological polar surface area (TPSA) is 11.4 Å². The minimum Gasteiger partial charge on any atom is -0.361 e. The molecule has 0 aromatic carbocycles. The van der Waals surface area contributed by atoms with E-state index in [-0.39, 0.29) is 0 Å². The molecule has 0 radical (unpaired) electrons. The van der Waals surface area contributed by atoms with E-state index in [0.29, 0.717) is 0 Å². The van der Waals surface area contributed by atoms with Gasteiger partial charge in [0.2, 0.25) is 0 Å². The van der Waals surface area contributed by atoms with Crippen molar-refractivity contribution in [3.63, 3.8) is 0 Å². The minimum absolute atomic E-state index is 0.942. The molecule has 0 unspecified atom stereocenters. The third-order valence-corrected chi connectivity index (χ3v) is 2.09. The Bertz CT molecular complexity index is 300. The molecule has 3 nitrogen and oxygen atoms in total. The number of hydrogen-bond donors (Lipinski definition) is 0. The van der Waals surface area contributed by atoms with E-state index in [2.05, 4.69) is 59.2 Å². The van der Waals surface area contributed by atoms with Gasteiger partial charge in [-0.2, -0.15) is 0 Å². The van der Waals surface area contributed by atoms with Crippen molar-refractivity contribution in [2.75, 3.05) is 18.6 Å². The second-order valence-corrected chi connectivity index (χ2v) is 3.14. The molecule has 0 amide bonds. The van der Waals surface area contributed by atoms with Gasteiger partial charge in [-0.25, -0.2) is 0 Å². The van der Waals surface area contributed by atoms with Gasteiger partial charge in [0.05, 0.1) is 6.67 Å². The summed E-state index contributed by atoms with van der Waals surface area (Å²) < 4.78 is 2.11. The fraction of sp³-hybridized carbons (Fsp3) is 0.333. The summed E-state index contributed by atoms with van der Waals surface area (Å²) in [6, 6.07) is 4.17. The first-order valence-corrected chi connectivity index (χ1v) is 4.04. The molecular formula is C9H13N3. The van der Waals surface area contributed by atoms with Crippen LogP contribution in [0.2, 0.25) is 0 Å². The summed E-state index contributed by atoms with van der Waals surface area (Å²) in [5, 5.41) is 0. The summed E-state index contributed by atoms with van der Waals surface area (Å²) in [5.41, 5.74) is 0. The van der Waals surface area contributed by atoms with Crippen molar-refractivity contribution >= 4 is 5.82 Å². The average molecular weight is 163 g/mol. The number of nitrogens with zero attached hydrogens (tertiary/aromatic N) is 3. The average Bonchev–Trinajstić information content (AvgIpc) is 2.58. The Balaban J connectivity index is 2.22. The Morgan fingerprint density at radius 1 is 1.25 bits per heavy atom. The lowest BCUT2D eigenvalue weighted by Gasteiger charge is -2.18. The van der Waals surface area contributed by atoms with Crippen molar-refractivity contribution in [3.8, 4) is 0 Å². The SMILES string of the molecule is CN1C=CN(c2cccn2C)C1. The van der Waals surface area contributed by atoms with Crippen LogP contribution in [0.1, 0.15) is 0 Å². The maximum absolute atomic E-state index is 2.21. The van der Waals surface area contributed by atoms with E-state index in [1.165, 1.54) is 5.82 Å². The van der Waals surface area contributed by atoms with Gasteiger partial charge in [0, 0.05) is 32.7 Å². The lowest BCUT2D eigenvalue weighted by molar-refractivity contribution is 0.493. The lowest BCUT2D eigenvalue weighted by Crippen LogP contribution is -2.23.